The number of methoxy groups -OCH3 is 2. The van der Waals surface area contributed by atoms with Crippen molar-refractivity contribution < 1.29 is 23.8 Å². The lowest BCUT2D eigenvalue weighted by Crippen LogP contribution is -2.34. The molecule has 5 aromatic rings. The smallest absolute Gasteiger partial charge is 0.343 e. The first-order chi connectivity index (χ1) is 20.0. The van der Waals surface area contributed by atoms with Crippen LogP contribution in [0.2, 0.25) is 0 Å². The van der Waals surface area contributed by atoms with Crippen molar-refractivity contribution in [1.29, 1.82) is 0 Å². The van der Waals surface area contributed by atoms with Gasteiger partial charge < -0.3 is 14.2 Å². The number of hydrogen-bond acceptors (Lipinski definition) is 5. The van der Waals surface area contributed by atoms with Crippen molar-refractivity contribution in [3.05, 3.63) is 154 Å². The van der Waals surface area contributed by atoms with E-state index in [1.807, 2.05) is 18.2 Å². The molecule has 0 unspecified atom stereocenters. The van der Waals surface area contributed by atoms with Crippen molar-refractivity contribution in [3.8, 4) is 22.6 Å². The van der Waals surface area contributed by atoms with Crippen LogP contribution in [0.4, 0.5) is 0 Å². The van der Waals surface area contributed by atoms with Crippen LogP contribution < -0.4 is 9.47 Å². The maximum Gasteiger partial charge on any atom is 0.343 e. The number of rotatable bonds is 4. The maximum absolute atomic E-state index is 13.0. The van der Waals surface area contributed by atoms with Crippen LogP contribution in [0, 0.1) is 0 Å². The van der Waals surface area contributed by atoms with E-state index >= 15 is 0 Å². The average Bonchev–Trinajstić information content (AvgIpc) is 3.31. The van der Waals surface area contributed by atoms with E-state index in [1.54, 1.807) is 31.4 Å². The molecule has 2 aliphatic rings. The van der Waals surface area contributed by atoms with E-state index in [0.29, 0.717) is 23.3 Å². The molecule has 5 nitrogen and oxygen atoms in total. The molecule has 0 fully saturated rings. The summed E-state index contributed by atoms with van der Waals surface area (Å²) in [6.45, 7) is 0. The van der Waals surface area contributed by atoms with Gasteiger partial charge in [0.25, 0.3) is 0 Å². The Morgan fingerprint density at radius 2 is 1.10 bits per heavy atom. The molecule has 200 valence electrons. The molecular formula is C36H26O5. The zero-order chi connectivity index (χ0) is 28.1. The second-order valence-corrected chi connectivity index (χ2v) is 10.3. The van der Waals surface area contributed by atoms with E-state index in [9.17, 15) is 9.59 Å². The number of benzene rings is 5. The monoisotopic (exact) mass is 538 g/mol. The highest BCUT2D eigenvalue weighted by molar-refractivity contribution is 5.94. The largest absolute Gasteiger partial charge is 0.497 e. The third kappa shape index (κ3) is 3.70. The zero-order valence-electron chi connectivity index (χ0n) is 22.6. The predicted octanol–water partition coefficient (Wildman–Crippen LogP) is 6.97. The Balaban J connectivity index is 1.36. The van der Waals surface area contributed by atoms with Gasteiger partial charge in [0, 0.05) is 0 Å². The van der Waals surface area contributed by atoms with Crippen molar-refractivity contribution >= 4 is 11.9 Å². The molecule has 0 saturated heterocycles. The van der Waals surface area contributed by atoms with Gasteiger partial charge in [0.2, 0.25) is 0 Å². The summed E-state index contributed by atoms with van der Waals surface area (Å²) in [5.74, 6) is 0.317. The molecule has 0 saturated carbocycles. The van der Waals surface area contributed by atoms with Crippen molar-refractivity contribution in [1.82, 2.24) is 0 Å². The van der Waals surface area contributed by atoms with Crippen LogP contribution in [-0.2, 0) is 16.6 Å². The van der Waals surface area contributed by atoms with Crippen LogP contribution in [-0.4, -0.2) is 26.2 Å². The van der Waals surface area contributed by atoms with Gasteiger partial charge in [-0.1, -0.05) is 60.7 Å². The quantitative estimate of drug-likeness (QED) is 0.179. The molecule has 7 rings (SSSR count). The summed E-state index contributed by atoms with van der Waals surface area (Å²) in [4.78, 5) is 24.8. The van der Waals surface area contributed by atoms with Crippen LogP contribution in [0.3, 0.4) is 0 Å². The summed E-state index contributed by atoms with van der Waals surface area (Å²) in [6, 6.07) is 35.8. The standard InChI is InChI=1S/C36H26O5/c1-39-26-15-17-30-24(20-26)19-25-21-27(41-35(38)23-13-11-22(12-14-23)34(37)40-2)16-18-31(25)36(30)32-9-5-3-7-28(32)29-8-4-6-10-33(29)36/h3-18,20-21H,19H2,1-2H3. The minimum Gasteiger partial charge on any atom is -0.497 e. The predicted molar refractivity (Wildman–Crippen MR) is 156 cm³/mol. The third-order valence-electron chi connectivity index (χ3n) is 8.28. The molecule has 5 aromatic carbocycles. The highest BCUT2D eigenvalue weighted by Crippen LogP contribution is 2.59. The molecule has 0 aromatic heterocycles. The second-order valence-electron chi connectivity index (χ2n) is 10.3. The van der Waals surface area contributed by atoms with Gasteiger partial charge in [0.15, 0.2) is 0 Å². The van der Waals surface area contributed by atoms with Crippen LogP contribution in [0.15, 0.2) is 109 Å². The first-order valence-electron chi connectivity index (χ1n) is 13.5. The normalized spacial score (nSPS) is 13.4. The Hall–Kier alpha value is -5.16. The topological polar surface area (TPSA) is 61.8 Å². The highest BCUT2D eigenvalue weighted by Gasteiger charge is 2.49. The van der Waals surface area contributed by atoms with E-state index in [2.05, 4.69) is 66.7 Å². The summed E-state index contributed by atoms with van der Waals surface area (Å²) in [7, 11) is 3.01. The van der Waals surface area contributed by atoms with E-state index in [1.165, 1.54) is 46.1 Å². The summed E-state index contributed by atoms with van der Waals surface area (Å²) in [5.41, 5.74) is 9.81. The maximum atomic E-state index is 13.0. The summed E-state index contributed by atoms with van der Waals surface area (Å²) < 4.78 is 16.2. The number of fused-ring (bicyclic) bond motifs is 9. The average molecular weight is 539 g/mol. The first-order valence-corrected chi connectivity index (χ1v) is 13.5. The van der Waals surface area contributed by atoms with Crippen LogP contribution in [0.5, 0.6) is 11.5 Å². The molecule has 0 N–H and O–H groups in total. The summed E-state index contributed by atoms with van der Waals surface area (Å²) in [6.07, 6.45) is 0.674. The lowest BCUT2D eigenvalue weighted by atomic mass is 9.61. The Morgan fingerprint density at radius 1 is 0.585 bits per heavy atom. The zero-order valence-corrected chi connectivity index (χ0v) is 22.6. The molecule has 2 aliphatic carbocycles. The fraction of sp³-hybridized carbons (Fsp3) is 0.111. The Morgan fingerprint density at radius 3 is 1.66 bits per heavy atom. The second kappa shape index (κ2) is 9.49. The molecule has 0 atom stereocenters. The summed E-state index contributed by atoms with van der Waals surface area (Å²) in [5, 5.41) is 0. The number of carbonyl (C=O) groups excluding carboxylic acids is 2. The van der Waals surface area contributed by atoms with Gasteiger partial charge in [0.1, 0.15) is 11.5 Å². The Labute approximate surface area is 238 Å². The number of esters is 2. The van der Waals surface area contributed by atoms with Crippen molar-refractivity contribution in [2.24, 2.45) is 0 Å². The molecular weight excluding hydrogens is 512 g/mol. The molecule has 0 heterocycles. The van der Waals surface area contributed by atoms with E-state index < -0.39 is 17.4 Å². The number of carbonyl (C=O) groups is 2. The molecule has 1 spiro atoms. The lowest BCUT2D eigenvalue weighted by molar-refractivity contribution is 0.0599. The van der Waals surface area contributed by atoms with Gasteiger partial charge in [0.05, 0.1) is 30.8 Å². The van der Waals surface area contributed by atoms with Gasteiger partial charge in [-0.2, -0.15) is 0 Å². The SMILES string of the molecule is COC(=O)c1ccc(C(=O)Oc2ccc3c(c2)Cc2cc(OC)ccc2C32c3ccccc3-c3ccccc32)cc1. The van der Waals surface area contributed by atoms with Gasteiger partial charge in [-0.15, -0.1) is 0 Å². The summed E-state index contributed by atoms with van der Waals surface area (Å²) >= 11 is 0. The van der Waals surface area contributed by atoms with E-state index in [4.69, 9.17) is 14.2 Å². The van der Waals surface area contributed by atoms with Gasteiger partial charge >= 0.3 is 11.9 Å². The van der Waals surface area contributed by atoms with Gasteiger partial charge in [-0.25, -0.2) is 9.59 Å². The molecule has 5 heteroatoms. The fourth-order valence-corrected chi connectivity index (χ4v) is 6.55. The van der Waals surface area contributed by atoms with Crippen molar-refractivity contribution in [3.63, 3.8) is 0 Å². The Bertz CT molecular complexity index is 1810. The molecule has 41 heavy (non-hydrogen) atoms. The number of ether oxygens (including phenoxy) is 3. The van der Waals surface area contributed by atoms with Crippen molar-refractivity contribution in [2.45, 2.75) is 11.8 Å². The van der Waals surface area contributed by atoms with Crippen LogP contribution >= 0.6 is 0 Å². The molecule has 0 aliphatic heterocycles. The van der Waals surface area contributed by atoms with Gasteiger partial charge in [-0.05, 0) is 99.5 Å². The fourth-order valence-electron chi connectivity index (χ4n) is 6.55. The minimum absolute atomic E-state index is 0.348. The highest BCUT2D eigenvalue weighted by atomic mass is 16.5. The van der Waals surface area contributed by atoms with Crippen LogP contribution in [0.1, 0.15) is 54.1 Å². The Kier molecular flexibility index (Phi) is 5.75. The third-order valence-corrected chi connectivity index (χ3v) is 8.28. The van der Waals surface area contributed by atoms with Crippen LogP contribution in [0.25, 0.3) is 11.1 Å². The lowest BCUT2D eigenvalue weighted by Gasteiger charge is -2.40. The molecule has 0 amide bonds. The van der Waals surface area contributed by atoms with E-state index in [-0.39, 0.29) is 0 Å². The molecule has 0 radical (unpaired) electrons. The minimum atomic E-state index is -0.505. The van der Waals surface area contributed by atoms with Crippen molar-refractivity contribution in [2.75, 3.05) is 14.2 Å². The molecule has 0 bridgehead atoms. The van der Waals surface area contributed by atoms with E-state index in [0.717, 1.165) is 11.3 Å². The first kappa shape index (κ1) is 24.9. The van der Waals surface area contributed by atoms with Gasteiger partial charge in [-0.3, -0.25) is 0 Å². The number of hydrogen-bond donors (Lipinski definition) is 0.